The van der Waals surface area contributed by atoms with Crippen molar-refractivity contribution in [1.29, 1.82) is 0 Å². The number of carbonyl (C=O) groups excluding carboxylic acids is 2. The van der Waals surface area contributed by atoms with E-state index in [4.69, 9.17) is 4.74 Å². The molecule has 0 unspecified atom stereocenters. The van der Waals surface area contributed by atoms with Crippen molar-refractivity contribution in [3.63, 3.8) is 0 Å². The van der Waals surface area contributed by atoms with E-state index >= 15 is 0 Å². The molecule has 1 amide bonds. The Hall–Kier alpha value is -1.50. The third kappa shape index (κ3) is 4.40. The summed E-state index contributed by atoms with van der Waals surface area (Å²) in [6.07, 6.45) is 1.45. The van der Waals surface area contributed by atoms with Gasteiger partial charge in [0.15, 0.2) is 5.78 Å². The van der Waals surface area contributed by atoms with Crippen LogP contribution in [0.5, 0.6) is 0 Å². The van der Waals surface area contributed by atoms with E-state index < -0.39 is 11.7 Å². The highest BCUT2D eigenvalue weighted by Crippen LogP contribution is 2.46. The minimum absolute atomic E-state index is 0.118. The Balaban J connectivity index is 2.40. The van der Waals surface area contributed by atoms with E-state index in [1.54, 1.807) is 6.92 Å². The van der Waals surface area contributed by atoms with Gasteiger partial charge in [0.25, 0.3) is 0 Å². The molecule has 1 aliphatic carbocycles. The lowest BCUT2D eigenvalue weighted by atomic mass is 9.99. The lowest BCUT2D eigenvalue weighted by Crippen LogP contribution is -2.38. The van der Waals surface area contributed by atoms with Crippen molar-refractivity contribution < 1.29 is 14.3 Å². The van der Waals surface area contributed by atoms with Gasteiger partial charge in [0.1, 0.15) is 5.60 Å². The Morgan fingerprint density at radius 1 is 1.33 bits per heavy atom. The summed E-state index contributed by atoms with van der Waals surface area (Å²) >= 11 is 0. The molecule has 4 nitrogen and oxygen atoms in total. The number of ketones is 1. The van der Waals surface area contributed by atoms with Crippen LogP contribution >= 0.6 is 0 Å². The van der Waals surface area contributed by atoms with Crippen LogP contribution in [-0.2, 0) is 9.53 Å². The fraction of sp³-hybridized carbons (Fsp3) is 0.714. The fourth-order valence-electron chi connectivity index (χ4n) is 1.62. The number of amides is 1. The second-order valence-electron chi connectivity index (χ2n) is 5.66. The van der Waals surface area contributed by atoms with Gasteiger partial charge in [-0.1, -0.05) is 5.92 Å². The Morgan fingerprint density at radius 3 is 2.39 bits per heavy atom. The van der Waals surface area contributed by atoms with Gasteiger partial charge in [-0.15, -0.1) is 5.92 Å². The number of carbonyl (C=O) groups is 2. The summed E-state index contributed by atoms with van der Waals surface area (Å²) in [6.45, 7) is 7.49. The molecule has 0 radical (unpaired) electrons. The van der Waals surface area contributed by atoms with E-state index in [1.807, 2.05) is 20.8 Å². The minimum Gasteiger partial charge on any atom is -0.444 e. The first-order valence-corrected chi connectivity index (χ1v) is 6.19. The van der Waals surface area contributed by atoms with Crippen LogP contribution in [0.25, 0.3) is 0 Å². The lowest BCUT2D eigenvalue weighted by molar-refractivity contribution is -0.122. The van der Waals surface area contributed by atoms with Gasteiger partial charge in [-0.25, -0.2) is 4.79 Å². The third-order valence-corrected chi connectivity index (χ3v) is 2.84. The second kappa shape index (κ2) is 5.43. The van der Waals surface area contributed by atoms with Crippen LogP contribution < -0.4 is 5.32 Å². The molecule has 0 atom stereocenters. The van der Waals surface area contributed by atoms with Gasteiger partial charge >= 0.3 is 6.09 Å². The molecule has 4 heteroatoms. The normalized spacial score (nSPS) is 16.2. The third-order valence-electron chi connectivity index (χ3n) is 2.84. The molecule has 1 aliphatic rings. The molecule has 0 aromatic rings. The monoisotopic (exact) mass is 251 g/mol. The number of nitrogens with one attached hydrogen (secondary N) is 1. The average molecular weight is 251 g/mol. The number of rotatable bonds is 4. The maximum absolute atomic E-state index is 11.9. The second-order valence-corrected chi connectivity index (χ2v) is 5.66. The average Bonchev–Trinajstić information content (AvgIpc) is 3.02. The highest BCUT2D eigenvalue weighted by atomic mass is 16.6. The molecule has 1 fully saturated rings. The van der Waals surface area contributed by atoms with Crippen molar-refractivity contribution in [1.82, 2.24) is 5.32 Å². The summed E-state index contributed by atoms with van der Waals surface area (Å²) in [6, 6.07) is 0. The Morgan fingerprint density at radius 2 is 1.94 bits per heavy atom. The van der Waals surface area contributed by atoms with E-state index in [-0.39, 0.29) is 17.6 Å². The van der Waals surface area contributed by atoms with Gasteiger partial charge in [-0.3, -0.25) is 4.79 Å². The molecular weight excluding hydrogens is 230 g/mol. The van der Waals surface area contributed by atoms with Gasteiger partial charge in [0.2, 0.25) is 0 Å². The van der Waals surface area contributed by atoms with Crippen molar-refractivity contribution in [3.8, 4) is 11.8 Å². The van der Waals surface area contributed by atoms with Crippen LogP contribution in [-0.4, -0.2) is 24.0 Å². The first-order valence-electron chi connectivity index (χ1n) is 6.19. The van der Waals surface area contributed by atoms with Crippen LogP contribution in [0.4, 0.5) is 4.79 Å². The van der Waals surface area contributed by atoms with Crippen LogP contribution in [0, 0.1) is 17.3 Å². The zero-order valence-electron chi connectivity index (χ0n) is 11.6. The summed E-state index contributed by atoms with van der Waals surface area (Å²) in [4.78, 5) is 23.4. The van der Waals surface area contributed by atoms with Gasteiger partial charge in [-0.2, -0.15) is 0 Å². The zero-order chi connectivity index (χ0) is 13.8. The summed E-state index contributed by atoms with van der Waals surface area (Å²) < 4.78 is 5.13. The SMILES string of the molecule is CC#CCC(=O)C1(CNC(=O)OC(C)(C)C)CC1. The van der Waals surface area contributed by atoms with Crippen molar-refractivity contribution in [2.24, 2.45) is 5.41 Å². The quantitative estimate of drug-likeness (QED) is 0.780. The number of Topliss-reactive ketones (excluding diaryl/α,β-unsaturated/α-hetero) is 1. The lowest BCUT2D eigenvalue weighted by Gasteiger charge is -2.21. The van der Waals surface area contributed by atoms with E-state index in [0.29, 0.717) is 6.54 Å². The Kier molecular flexibility index (Phi) is 4.39. The van der Waals surface area contributed by atoms with Crippen molar-refractivity contribution >= 4 is 11.9 Å². The molecule has 0 aliphatic heterocycles. The Bertz CT molecular complexity index is 391. The molecule has 0 heterocycles. The molecule has 0 spiro atoms. The molecule has 1 rings (SSSR count). The molecule has 1 saturated carbocycles. The molecule has 1 N–H and O–H groups in total. The summed E-state index contributed by atoms with van der Waals surface area (Å²) in [7, 11) is 0. The van der Waals surface area contributed by atoms with E-state index in [9.17, 15) is 9.59 Å². The standard InChI is InChI=1S/C14H21NO3/c1-5-6-7-11(16)14(8-9-14)10-15-12(17)18-13(2,3)4/h7-10H2,1-4H3,(H,15,17). The van der Waals surface area contributed by atoms with Crippen molar-refractivity contribution in [2.45, 2.75) is 52.6 Å². The zero-order valence-corrected chi connectivity index (χ0v) is 11.6. The van der Waals surface area contributed by atoms with E-state index in [1.165, 1.54) is 0 Å². The number of hydrogen-bond donors (Lipinski definition) is 1. The van der Waals surface area contributed by atoms with Gasteiger partial charge in [-0.05, 0) is 40.5 Å². The van der Waals surface area contributed by atoms with Gasteiger partial charge in [0, 0.05) is 12.0 Å². The number of hydrogen-bond acceptors (Lipinski definition) is 3. The van der Waals surface area contributed by atoms with Crippen molar-refractivity contribution in [2.75, 3.05) is 6.54 Å². The molecule has 0 saturated heterocycles. The molecule has 0 bridgehead atoms. The molecular formula is C14H21NO3. The smallest absolute Gasteiger partial charge is 0.407 e. The predicted molar refractivity (Wildman–Crippen MR) is 69.0 cm³/mol. The summed E-state index contributed by atoms with van der Waals surface area (Å²) in [5, 5.41) is 2.67. The van der Waals surface area contributed by atoms with E-state index in [0.717, 1.165) is 12.8 Å². The van der Waals surface area contributed by atoms with Gasteiger partial charge in [0.05, 0.1) is 6.42 Å². The summed E-state index contributed by atoms with van der Waals surface area (Å²) in [5.41, 5.74) is -0.904. The molecule has 100 valence electrons. The first-order chi connectivity index (χ1) is 8.29. The summed E-state index contributed by atoms with van der Waals surface area (Å²) in [5.74, 6) is 5.61. The first kappa shape index (κ1) is 14.6. The predicted octanol–water partition coefficient (Wildman–Crippen LogP) is 2.27. The maximum Gasteiger partial charge on any atom is 0.407 e. The maximum atomic E-state index is 11.9. The molecule has 18 heavy (non-hydrogen) atoms. The van der Waals surface area contributed by atoms with Crippen LogP contribution in [0.2, 0.25) is 0 Å². The highest BCUT2D eigenvalue weighted by Gasteiger charge is 2.49. The van der Waals surface area contributed by atoms with E-state index in [2.05, 4.69) is 17.2 Å². The number of alkyl carbamates (subject to hydrolysis) is 1. The molecule has 0 aromatic carbocycles. The Labute approximate surface area is 108 Å². The van der Waals surface area contributed by atoms with Crippen LogP contribution in [0.3, 0.4) is 0 Å². The number of ether oxygens (including phenoxy) is 1. The molecule has 0 aromatic heterocycles. The van der Waals surface area contributed by atoms with Gasteiger partial charge < -0.3 is 10.1 Å². The minimum atomic E-state index is -0.515. The largest absolute Gasteiger partial charge is 0.444 e. The van der Waals surface area contributed by atoms with Crippen LogP contribution in [0.15, 0.2) is 0 Å². The fourth-order valence-corrected chi connectivity index (χ4v) is 1.62. The van der Waals surface area contributed by atoms with Crippen molar-refractivity contribution in [3.05, 3.63) is 0 Å². The topological polar surface area (TPSA) is 55.4 Å². The highest BCUT2D eigenvalue weighted by molar-refractivity contribution is 5.89. The van der Waals surface area contributed by atoms with Crippen LogP contribution in [0.1, 0.15) is 47.0 Å².